The Morgan fingerprint density at radius 3 is 2.92 bits per heavy atom. The Bertz CT molecular complexity index is 898. The molecule has 0 saturated heterocycles. The number of benzene rings is 2. The van der Waals surface area contributed by atoms with Gasteiger partial charge in [-0.15, -0.1) is 11.3 Å². The fourth-order valence-electron chi connectivity index (χ4n) is 2.08. The molecular weight excluding hydrogens is 405 g/mol. The number of aromatic nitrogens is 1. The third-order valence-electron chi connectivity index (χ3n) is 3.30. The van der Waals surface area contributed by atoms with Crippen LogP contribution in [0.3, 0.4) is 0 Å². The molecule has 7 heteroatoms. The molecule has 0 radical (unpaired) electrons. The molecule has 0 aliphatic rings. The summed E-state index contributed by atoms with van der Waals surface area (Å²) in [4.78, 5) is 4.28. The molecule has 0 unspecified atom stereocenters. The summed E-state index contributed by atoms with van der Waals surface area (Å²) in [5, 5.41) is 6.86. The number of anilines is 1. The average molecular weight is 420 g/mol. The lowest BCUT2D eigenvalue weighted by Gasteiger charge is -2.10. The van der Waals surface area contributed by atoms with Crippen LogP contribution in [0.2, 0.25) is 0 Å². The Hall–Kier alpha value is -2.25. The van der Waals surface area contributed by atoms with Gasteiger partial charge in [0.15, 0.2) is 0 Å². The van der Waals surface area contributed by atoms with E-state index in [1.807, 2.05) is 30.5 Å². The molecule has 1 aromatic heterocycles. The van der Waals surface area contributed by atoms with E-state index in [0.717, 1.165) is 20.9 Å². The van der Waals surface area contributed by atoms with Crippen LogP contribution in [-0.4, -0.2) is 11.2 Å². The third-order valence-corrected chi connectivity index (χ3v) is 4.65. The van der Waals surface area contributed by atoms with Crippen molar-refractivity contribution in [1.82, 2.24) is 4.98 Å². The van der Waals surface area contributed by atoms with Gasteiger partial charge < -0.3 is 4.74 Å². The number of aryl methyl sites for hydroxylation is 1. The van der Waals surface area contributed by atoms with Crippen molar-refractivity contribution < 1.29 is 9.13 Å². The Morgan fingerprint density at radius 2 is 2.16 bits per heavy atom. The summed E-state index contributed by atoms with van der Waals surface area (Å²) in [6, 6.07) is 12.1. The van der Waals surface area contributed by atoms with Gasteiger partial charge in [0.25, 0.3) is 0 Å². The Labute approximate surface area is 157 Å². The van der Waals surface area contributed by atoms with Gasteiger partial charge in [0, 0.05) is 21.0 Å². The van der Waals surface area contributed by atoms with Crippen LogP contribution in [-0.2, 0) is 6.61 Å². The summed E-state index contributed by atoms with van der Waals surface area (Å²) >= 11 is 4.92. The van der Waals surface area contributed by atoms with Crippen molar-refractivity contribution in [3.8, 4) is 5.75 Å². The summed E-state index contributed by atoms with van der Waals surface area (Å²) in [5.74, 6) is 0.336. The number of ether oxygens (including phenoxy) is 1. The van der Waals surface area contributed by atoms with E-state index in [0.29, 0.717) is 11.3 Å². The van der Waals surface area contributed by atoms with Crippen molar-refractivity contribution in [2.75, 3.05) is 5.43 Å². The fourth-order valence-corrected chi connectivity index (χ4v) is 3.10. The lowest BCUT2D eigenvalue weighted by molar-refractivity contribution is 0.299. The monoisotopic (exact) mass is 419 g/mol. The first-order chi connectivity index (χ1) is 12.1. The van der Waals surface area contributed by atoms with Crippen LogP contribution in [0.4, 0.5) is 9.52 Å². The van der Waals surface area contributed by atoms with Crippen molar-refractivity contribution in [1.29, 1.82) is 0 Å². The van der Waals surface area contributed by atoms with E-state index < -0.39 is 0 Å². The minimum atomic E-state index is -0.282. The molecule has 0 atom stereocenters. The van der Waals surface area contributed by atoms with E-state index in [2.05, 4.69) is 31.4 Å². The molecule has 4 nitrogen and oxygen atoms in total. The minimum absolute atomic E-state index is 0.147. The molecule has 2 aromatic carbocycles. The van der Waals surface area contributed by atoms with Crippen molar-refractivity contribution in [2.24, 2.45) is 5.10 Å². The van der Waals surface area contributed by atoms with Crippen LogP contribution in [0.25, 0.3) is 0 Å². The number of hydrazone groups is 1. The lowest BCUT2D eigenvalue weighted by Crippen LogP contribution is -2.01. The number of nitrogens with zero attached hydrogens (tertiary/aromatic N) is 2. The SMILES string of the molecule is Cc1csc(NN=Cc2cc(Br)ccc2OCc2ccccc2F)n1. The number of hydrogen-bond acceptors (Lipinski definition) is 5. The highest BCUT2D eigenvalue weighted by atomic mass is 79.9. The zero-order chi connectivity index (χ0) is 17.6. The number of rotatable bonds is 6. The number of hydrogen-bond donors (Lipinski definition) is 1. The summed E-state index contributed by atoms with van der Waals surface area (Å²) in [6.45, 7) is 2.07. The summed E-state index contributed by atoms with van der Waals surface area (Å²) in [5.41, 5.74) is 5.11. The van der Waals surface area contributed by atoms with E-state index in [1.165, 1.54) is 17.4 Å². The third kappa shape index (κ3) is 4.87. The van der Waals surface area contributed by atoms with Gasteiger partial charge in [0.05, 0.1) is 11.9 Å². The number of thiazole rings is 1. The molecule has 25 heavy (non-hydrogen) atoms. The first-order valence-electron chi connectivity index (χ1n) is 7.49. The highest BCUT2D eigenvalue weighted by molar-refractivity contribution is 9.10. The summed E-state index contributed by atoms with van der Waals surface area (Å²) in [7, 11) is 0. The molecule has 1 N–H and O–H groups in total. The molecule has 0 aliphatic carbocycles. The number of halogens is 2. The molecule has 0 aliphatic heterocycles. The van der Waals surface area contributed by atoms with Crippen molar-refractivity contribution >= 4 is 38.6 Å². The van der Waals surface area contributed by atoms with Gasteiger partial charge in [-0.1, -0.05) is 34.1 Å². The second-order valence-corrected chi connectivity index (χ2v) is 7.00. The smallest absolute Gasteiger partial charge is 0.203 e. The highest BCUT2D eigenvalue weighted by Crippen LogP contribution is 2.23. The summed E-state index contributed by atoms with van der Waals surface area (Å²) in [6.07, 6.45) is 1.65. The van der Waals surface area contributed by atoms with Gasteiger partial charge in [-0.05, 0) is 31.2 Å². The predicted octanol–water partition coefficient (Wildman–Crippen LogP) is 5.38. The molecule has 0 amide bonds. The second-order valence-electron chi connectivity index (χ2n) is 5.23. The molecular formula is C18H15BrFN3OS. The number of nitrogens with one attached hydrogen (secondary N) is 1. The molecule has 128 valence electrons. The average Bonchev–Trinajstić information content (AvgIpc) is 3.01. The van der Waals surface area contributed by atoms with Crippen LogP contribution >= 0.6 is 27.3 Å². The molecule has 0 fully saturated rings. The fraction of sp³-hybridized carbons (Fsp3) is 0.111. The van der Waals surface area contributed by atoms with Gasteiger partial charge in [0.2, 0.25) is 5.13 Å². The van der Waals surface area contributed by atoms with Crippen LogP contribution < -0.4 is 10.2 Å². The van der Waals surface area contributed by atoms with E-state index in [9.17, 15) is 4.39 Å². The van der Waals surface area contributed by atoms with Crippen LogP contribution in [0, 0.1) is 12.7 Å². The summed E-state index contributed by atoms with van der Waals surface area (Å²) < 4.78 is 20.4. The van der Waals surface area contributed by atoms with Crippen molar-refractivity contribution in [3.05, 3.63) is 75.0 Å². The van der Waals surface area contributed by atoms with Gasteiger partial charge in [-0.3, -0.25) is 5.43 Å². The standard InChI is InChI=1S/C18H15BrFN3OS/c1-12-11-25-18(22-12)23-21-9-14-8-15(19)6-7-17(14)24-10-13-4-2-3-5-16(13)20/h2-9,11H,10H2,1H3,(H,22,23). The van der Waals surface area contributed by atoms with E-state index in [4.69, 9.17) is 4.74 Å². The first kappa shape index (κ1) is 17.6. The Morgan fingerprint density at radius 1 is 1.32 bits per heavy atom. The largest absolute Gasteiger partial charge is 0.488 e. The molecule has 3 aromatic rings. The molecule has 0 bridgehead atoms. The molecule has 3 rings (SSSR count). The van der Waals surface area contributed by atoms with Gasteiger partial charge in [-0.25, -0.2) is 9.37 Å². The van der Waals surface area contributed by atoms with E-state index in [-0.39, 0.29) is 12.4 Å². The topological polar surface area (TPSA) is 46.5 Å². The molecule has 0 spiro atoms. The maximum atomic E-state index is 13.7. The van der Waals surface area contributed by atoms with Gasteiger partial charge >= 0.3 is 0 Å². The quantitative estimate of drug-likeness (QED) is 0.430. The van der Waals surface area contributed by atoms with Crippen LogP contribution in [0.5, 0.6) is 5.75 Å². The normalized spacial score (nSPS) is 11.0. The zero-order valence-electron chi connectivity index (χ0n) is 13.4. The highest BCUT2D eigenvalue weighted by Gasteiger charge is 2.06. The second kappa shape index (κ2) is 8.22. The van der Waals surface area contributed by atoms with Gasteiger partial charge in [0.1, 0.15) is 18.2 Å². The Balaban J connectivity index is 1.72. The van der Waals surface area contributed by atoms with Crippen LogP contribution in [0.1, 0.15) is 16.8 Å². The Kier molecular flexibility index (Phi) is 5.78. The van der Waals surface area contributed by atoms with E-state index >= 15 is 0 Å². The minimum Gasteiger partial charge on any atom is -0.488 e. The maximum Gasteiger partial charge on any atom is 0.203 e. The maximum absolute atomic E-state index is 13.7. The van der Waals surface area contributed by atoms with Crippen molar-refractivity contribution in [2.45, 2.75) is 13.5 Å². The van der Waals surface area contributed by atoms with Crippen molar-refractivity contribution in [3.63, 3.8) is 0 Å². The zero-order valence-corrected chi connectivity index (χ0v) is 15.8. The van der Waals surface area contributed by atoms with Crippen LogP contribution in [0.15, 0.2) is 57.4 Å². The lowest BCUT2D eigenvalue weighted by atomic mass is 10.2. The predicted molar refractivity (Wildman–Crippen MR) is 103 cm³/mol. The van der Waals surface area contributed by atoms with E-state index in [1.54, 1.807) is 24.4 Å². The molecule has 0 saturated carbocycles. The molecule has 1 heterocycles. The van der Waals surface area contributed by atoms with Gasteiger partial charge in [-0.2, -0.15) is 5.10 Å². The first-order valence-corrected chi connectivity index (χ1v) is 9.16.